The molecule has 172 valence electrons. The van der Waals surface area contributed by atoms with Gasteiger partial charge >= 0.3 is 5.63 Å². The monoisotopic (exact) mass is 467 g/mol. The molecule has 0 aliphatic carbocycles. The lowest BCUT2D eigenvalue weighted by Gasteiger charge is -2.23. The molecule has 0 saturated carbocycles. The Hall–Kier alpha value is -4.83. The van der Waals surface area contributed by atoms with Gasteiger partial charge in [0, 0.05) is 28.3 Å². The molecule has 10 heteroatoms. The molecular formula is C25H17N5O5. The molecule has 0 saturated heterocycles. The predicted octanol–water partition coefficient (Wildman–Crippen LogP) is 2.88. The minimum atomic E-state index is -0.556. The summed E-state index contributed by atoms with van der Waals surface area (Å²) in [6.45, 7) is 1.97. The number of hydrogen-bond acceptors (Lipinski definition) is 8. The van der Waals surface area contributed by atoms with Crippen molar-refractivity contribution >= 4 is 33.6 Å². The summed E-state index contributed by atoms with van der Waals surface area (Å²) in [7, 11) is 0. The van der Waals surface area contributed by atoms with Crippen LogP contribution in [0.5, 0.6) is 5.75 Å². The largest absolute Gasteiger partial charge is 0.487 e. The maximum absolute atomic E-state index is 12.5. The molecule has 5 aromatic rings. The fraction of sp³-hybridized carbons (Fsp3) is 0.0800. The third-order valence-corrected chi connectivity index (χ3v) is 6.01. The van der Waals surface area contributed by atoms with Gasteiger partial charge in [-0.1, -0.05) is 17.3 Å². The Kier molecular flexibility index (Phi) is 4.51. The van der Waals surface area contributed by atoms with Gasteiger partial charge < -0.3 is 9.15 Å². The van der Waals surface area contributed by atoms with Crippen molar-refractivity contribution in [1.29, 1.82) is 0 Å². The van der Waals surface area contributed by atoms with E-state index in [1.54, 1.807) is 47.3 Å². The molecule has 0 radical (unpaired) electrons. The molecule has 10 nitrogen and oxygen atoms in total. The van der Waals surface area contributed by atoms with Crippen LogP contribution in [0.25, 0.3) is 27.4 Å². The van der Waals surface area contributed by atoms with Crippen molar-refractivity contribution in [2.75, 3.05) is 0 Å². The Bertz CT molecular complexity index is 1730. The number of carbonyl (C=O) groups excluding carboxylic acids is 2. The zero-order chi connectivity index (χ0) is 24.3. The Morgan fingerprint density at radius 3 is 2.60 bits per heavy atom. The highest BCUT2D eigenvalue weighted by molar-refractivity contribution is 6.25. The van der Waals surface area contributed by atoms with Crippen LogP contribution < -0.4 is 16.2 Å². The normalized spacial score (nSPS) is 13.1. The molecule has 0 spiro atoms. The quantitative estimate of drug-likeness (QED) is 0.185. The number of amides is 2. The van der Waals surface area contributed by atoms with Crippen molar-refractivity contribution in [1.82, 2.24) is 20.0 Å². The fourth-order valence-electron chi connectivity index (χ4n) is 4.33. The van der Waals surface area contributed by atoms with Crippen molar-refractivity contribution in [2.24, 2.45) is 5.84 Å². The molecule has 0 fully saturated rings. The number of hydrazine groups is 1. The van der Waals surface area contributed by atoms with Crippen molar-refractivity contribution in [2.45, 2.75) is 13.5 Å². The first-order valence-electron chi connectivity index (χ1n) is 10.7. The highest BCUT2D eigenvalue weighted by Gasteiger charge is 2.31. The number of ether oxygens (including phenoxy) is 1. The number of imide groups is 1. The highest BCUT2D eigenvalue weighted by Crippen LogP contribution is 2.32. The summed E-state index contributed by atoms with van der Waals surface area (Å²) in [4.78, 5) is 36.7. The van der Waals surface area contributed by atoms with Crippen LogP contribution in [0.2, 0.25) is 0 Å². The standard InChI is InChI=1S/C25H17N5O5/c1-13-9-22(31)35-21-10-15(5-6-16(13)21)34-12-14-11-29(28-27-14)20-8-7-19-23-17(20)3-2-4-18(23)24(32)30(26)25(19)33/h2-11H,12,26H2,1H3. The average Bonchev–Trinajstić information content (AvgIpc) is 3.33. The predicted molar refractivity (Wildman–Crippen MR) is 125 cm³/mol. The minimum Gasteiger partial charge on any atom is -0.487 e. The summed E-state index contributed by atoms with van der Waals surface area (Å²) < 4.78 is 12.7. The summed E-state index contributed by atoms with van der Waals surface area (Å²) in [5.41, 5.74) is 2.76. The molecule has 2 aromatic heterocycles. The topological polar surface area (TPSA) is 134 Å². The van der Waals surface area contributed by atoms with Gasteiger partial charge in [-0.05, 0) is 42.8 Å². The maximum atomic E-state index is 12.5. The SMILES string of the molecule is Cc1cc(=O)oc2cc(OCc3cn(-c4ccc5c6c(cccc46)C(=O)N(N)C5=O)nn3)ccc12. The van der Waals surface area contributed by atoms with E-state index in [0.29, 0.717) is 49.6 Å². The van der Waals surface area contributed by atoms with Crippen LogP contribution >= 0.6 is 0 Å². The van der Waals surface area contributed by atoms with E-state index in [1.165, 1.54) is 6.07 Å². The number of fused-ring (bicyclic) bond motifs is 1. The molecule has 2 N–H and O–H groups in total. The van der Waals surface area contributed by atoms with Crippen LogP contribution in [0.1, 0.15) is 32.0 Å². The van der Waals surface area contributed by atoms with Gasteiger partial charge in [0.1, 0.15) is 23.6 Å². The van der Waals surface area contributed by atoms with Crippen molar-refractivity contribution < 1.29 is 18.7 Å². The van der Waals surface area contributed by atoms with Crippen molar-refractivity contribution in [3.8, 4) is 11.4 Å². The van der Waals surface area contributed by atoms with Gasteiger partial charge in [-0.3, -0.25) is 9.59 Å². The molecule has 0 unspecified atom stereocenters. The van der Waals surface area contributed by atoms with E-state index in [2.05, 4.69) is 10.3 Å². The number of aromatic nitrogens is 3. The van der Waals surface area contributed by atoms with E-state index < -0.39 is 17.4 Å². The zero-order valence-corrected chi connectivity index (χ0v) is 18.4. The van der Waals surface area contributed by atoms with Crippen LogP contribution in [0.15, 0.2) is 70.0 Å². The van der Waals surface area contributed by atoms with E-state index in [1.807, 2.05) is 19.1 Å². The van der Waals surface area contributed by atoms with Gasteiger partial charge in [0.15, 0.2) is 0 Å². The Morgan fingerprint density at radius 1 is 0.971 bits per heavy atom. The van der Waals surface area contributed by atoms with Gasteiger partial charge in [0.2, 0.25) is 0 Å². The number of aryl methyl sites for hydroxylation is 1. The number of hydrogen-bond donors (Lipinski definition) is 1. The minimum absolute atomic E-state index is 0.127. The smallest absolute Gasteiger partial charge is 0.336 e. The molecule has 1 aliphatic heterocycles. The Balaban J connectivity index is 1.31. The van der Waals surface area contributed by atoms with Crippen LogP contribution in [-0.4, -0.2) is 31.8 Å². The highest BCUT2D eigenvalue weighted by atomic mass is 16.5. The first kappa shape index (κ1) is 20.8. The van der Waals surface area contributed by atoms with E-state index in [4.69, 9.17) is 15.0 Å². The van der Waals surface area contributed by atoms with Crippen LogP contribution in [0, 0.1) is 6.92 Å². The third-order valence-electron chi connectivity index (χ3n) is 6.01. The molecule has 3 heterocycles. The molecule has 1 aliphatic rings. The lowest BCUT2D eigenvalue weighted by atomic mass is 9.94. The van der Waals surface area contributed by atoms with Gasteiger partial charge in [-0.2, -0.15) is 0 Å². The summed E-state index contributed by atoms with van der Waals surface area (Å²) in [6.07, 6.45) is 1.71. The summed E-state index contributed by atoms with van der Waals surface area (Å²) >= 11 is 0. The Labute approximate surface area is 197 Å². The van der Waals surface area contributed by atoms with E-state index in [9.17, 15) is 14.4 Å². The number of rotatable bonds is 4. The molecule has 2 amide bonds. The number of carbonyl (C=O) groups is 2. The number of benzene rings is 3. The van der Waals surface area contributed by atoms with E-state index >= 15 is 0 Å². The second kappa shape index (κ2) is 7.61. The van der Waals surface area contributed by atoms with Crippen LogP contribution in [0.3, 0.4) is 0 Å². The Morgan fingerprint density at radius 2 is 1.77 bits per heavy atom. The number of nitrogens with two attached hydrogens (primary N) is 1. The fourth-order valence-corrected chi connectivity index (χ4v) is 4.33. The maximum Gasteiger partial charge on any atom is 0.336 e. The van der Waals surface area contributed by atoms with Gasteiger partial charge in [-0.15, -0.1) is 5.10 Å². The first-order chi connectivity index (χ1) is 16.9. The molecule has 35 heavy (non-hydrogen) atoms. The molecular weight excluding hydrogens is 450 g/mol. The van der Waals surface area contributed by atoms with Crippen molar-refractivity contribution in [3.05, 3.63) is 93.6 Å². The molecule has 0 bridgehead atoms. The molecule has 0 atom stereocenters. The van der Waals surface area contributed by atoms with Gasteiger partial charge in [0.05, 0.1) is 23.0 Å². The lowest BCUT2D eigenvalue weighted by Crippen LogP contribution is -2.45. The summed E-state index contributed by atoms with van der Waals surface area (Å²) in [5.74, 6) is 5.07. The van der Waals surface area contributed by atoms with Crippen LogP contribution in [0.4, 0.5) is 0 Å². The van der Waals surface area contributed by atoms with Crippen LogP contribution in [-0.2, 0) is 6.61 Å². The van der Waals surface area contributed by atoms with Gasteiger partial charge in [-0.25, -0.2) is 20.3 Å². The average molecular weight is 467 g/mol. The van der Waals surface area contributed by atoms with E-state index in [0.717, 1.165) is 10.9 Å². The molecule has 3 aromatic carbocycles. The summed E-state index contributed by atoms with van der Waals surface area (Å²) in [5, 5.41) is 11.0. The second-order valence-corrected chi connectivity index (χ2v) is 8.19. The number of nitrogens with zero attached hydrogens (tertiary/aromatic N) is 4. The van der Waals surface area contributed by atoms with E-state index in [-0.39, 0.29) is 6.61 Å². The summed E-state index contributed by atoms with van der Waals surface area (Å²) in [6, 6.07) is 15.3. The second-order valence-electron chi connectivity index (χ2n) is 8.19. The lowest BCUT2D eigenvalue weighted by molar-refractivity contribution is 0.0610. The molecule has 6 rings (SSSR count). The zero-order valence-electron chi connectivity index (χ0n) is 18.4. The van der Waals surface area contributed by atoms with Gasteiger partial charge in [0.25, 0.3) is 11.8 Å². The first-order valence-corrected chi connectivity index (χ1v) is 10.7. The van der Waals surface area contributed by atoms with Crippen molar-refractivity contribution in [3.63, 3.8) is 0 Å². The third kappa shape index (κ3) is 3.27.